The summed E-state index contributed by atoms with van der Waals surface area (Å²) in [5.74, 6) is 0.906. The molecular weight excluding hydrogens is 370 g/mol. The van der Waals surface area contributed by atoms with Crippen LogP contribution in [0.2, 0.25) is 0 Å². The average Bonchev–Trinajstić information content (AvgIpc) is 2.90. The lowest BCUT2D eigenvalue weighted by molar-refractivity contribution is 0.601. The number of hydrogen-bond acceptors (Lipinski definition) is 9. The van der Waals surface area contributed by atoms with Crippen molar-refractivity contribution < 1.29 is 8.42 Å². The van der Waals surface area contributed by atoms with Gasteiger partial charge in [0.05, 0.1) is 10.6 Å². The van der Waals surface area contributed by atoms with Crippen molar-refractivity contribution in [2.75, 3.05) is 16.2 Å². The van der Waals surface area contributed by atoms with Gasteiger partial charge in [-0.15, -0.1) is 5.11 Å². The van der Waals surface area contributed by atoms with Gasteiger partial charge in [0.15, 0.2) is 11.5 Å². The third-order valence-electron chi connectivity index (χ3n) is 3.39. The first-order valence-corrected chi connectivity index (χ1v) is 9.19. The number of aromatic amines is 1. The molecule has 0 radical (unpaired) electrons. The molecular formula is C15H17N9O2S. The predicted octanol–water partition coefficient (Wildman–Crippen LogP) is 2.20. The first-order valence-electron chi connectivity index (χ1n) is 7.71. The molecule has 0 aliphatic heterocycles. The molecule has 0 saturated carbocycles. The molecule has 140 valence electrons. The van der Waals surface area contributed by atoms with Gasteiger partial charge in [0.1, 0.15) is 17.5 Å². The summed E-state index contributed by atoms with van der Waals surface area (Å²) >= 11 is 0. The number of azo groups is 1. The van der Waals surface area contributed by atoms with Crippen LogP contribution in [0.4, 0.5) is 28.8 Å². The topological polar surface area (TPSA) is 177 Å². The number of nitrogens with zero attached hydrogens (tertiary/aromatic N) is 5. The van der Waals surface area contributed by atoms with Crippen molar-refractivity contribution >= 4 is 38.9 Å². The zero-order chi connectivity index (χ0) is 19.6. The van der Waals surface area contributed by atoms with Crippen molar-refractivity contribution in [3.8, 4) is 0 Å². The molecule has 0 unspecified atom stereocenters. The zero-order valence-electron chi connectivity index (χ0n) is 14.5. The predicted molar refractivity (Wildman–Crippen MR) is 100 cm³/mol. The molecule has 6 N–H and O–H groups in total. The minimum Gasteiger partial charge on any atom is -0.382 e. The Bertz CT molecular complexity index is 1080. The Morgan fingerprint density at radius 3 is 2.56 bits per heavy atom. The van der Waals surface area contributed by atoms with Crippen molar-refractivity contribution in [3.05, 3.63) is 41.9 Å². The highest BCUT2D eigenvalue weighted by Gasteiger charge is 2.16. The third kappa shape index (κ3) is 4.17. The Morgan fingerprint density at radius 1 is 1.11 bits per heavy atom. The van der Waals surface area contributed by atoms with E-state index in [4.69, 9.17) is 11.5 Å². The van der Waals surface area contributed by atoms with Crippen LogP contribution in [0.3, 0.4) is 0 Å². The Hall–Kier alpha value is -3.54. The summed E-state index contributed by atoms with van der Waals surface area (Å²) in [6.45, 7) is 3.43. The van der Waals surface area contributed by atoms with Gasteiger partial charge in [-0.05, 0) is 32.0 Å². The number of nitrogens with one attached hydrogen (secondary N) is 2. The summed E-state index contributed by atoms with van der Waals surface area (Å²) in [5.41, 5.74) is 12.4. The van der Waals surface area contributed by atoms with Crippen molar-refractivity contribution in [1.29, 1.82) is 0 Å². The number of nitrogens with two attached hydrogens (primary N) is 2. The van der Waals surface area contributed by atoms with E-state index in [1.807, 2.05) is 0 Å². The van der Waals surface area contributed by atoms with Crippen molar-refractivity contribution in [2.45, 2.75) is 18.7 Å². The minimum atomic E-state index is -3.87. The number of benzene rings is 1. The lowest BCUT2D eigenvalue weighted by atomic mass is 10.3. The van der Waals surface area contributed by atoms with Crippen LogP contribution in [0, 0.1) is 13.8 Å². The fourth-order valence-corrected chi connectivity index (χ4v) is 3.29. The molecule has 0 bridgehead atoms. The van der Waals surface area contributed by atoms with E-state index < -0.39 is 10.0 Å². The maximum atomic E-state index is 12.6. The van der Waals surface area contributed by atoms with Gasteiger partial charge in [0.25, 0.3) is 10.0 Å². The van der Waals surface area contributed by atoms with Crippen molar-refractivity contribution in [3.63, 3.8) is 0 Å². The van der Waals surface area contributed by atoms with Crippen LogP contribution >= 0.6 is 0 Å². The molecule has 3 aromatic rings. The molecule has 0 saturated heterocycles. The van der Waals surface area contributed by atoms with Crippen LogP contribution in [-0.4, -0.2) is 28.6 Å². The number of aromatic nitrogens is 4. The SMILES string of the molecule is Cc1cc(NS(=O)(=O)c2cccc(N=Nc3c(N)n[nH]c3N)c2)nc(C)n1. The number of rotatable bonds is 5. The monoisotopic (exact) mass is 387 g/mol. The largest absolute Gasteiger partial charge is 0.382 e. The summed E-state index contributed by atoms with van der Waals surface area (Å²) in [4.78, 5) is 8.19. The van der Waals surface area contributed by atoms with Crippen LogP contribution in [-0.2, 0) is 10.0 Å². The average molecular weight is 387 g/mol. The van der Waals surface area contributed by atoms with E-state index in [2.05, 4.69) is 35.1 Å². The summed E-state index contributed by atoms with van der Waals surface area (Å²) in [7, 11) is -3.87. The van der Waals surface area contributed by atoms with Gasteiger partial charge in [-0.1, -0.05) is 6.07 Å². The molecule has 0 amide bonds. The van der Waals surface area contributed by atoms with E-state index in [1.165, 1.54) is 12.1 Å². The highest BCUT2D eigenvalue weighted by Crippen LogP contribution is 2.29. The summed E-state index contributed by atoms with van der Waals surface area (Å²) in [6, 6.07) is 7.47. The fraction of sp³-hybridized carbons (Fsp3) is 0.133. The van der Waals surface area contributed by atoms with Crippen molar-refractivity contribution in [2.24, 2.45) is 10.2 Å². The highest BCUT2D eigenvalue weighted by atomic mass is 32.2. The van der Waals surface area contributed by atoms with Crippen LogP contribution in [0.25, 0.3) is 0 Å². The summed E-state index contributed by atoms with van der Waals surface area (Å²) < 4.78 is 27.7. The third-order valence-corrected chi connectivity index (χ3v) is 4.75. The standard InChI is InChI=1S/C15H17N9O2S/c1-8-6-12(19-9(2)18-8)24-27(25,26)11-5-3-4-10(7-11)20-21-13-14(16)22-23-15(13)17/h3-7H,1-2H3,(H,18,19,24)(H5,16,17,22,23). The number of sulfonamides is 1. The lowest BCUT2D eigenvalue weighted by Crippen LogP contribution is -2.14. The van der Waals surface area contributed by atoms with Crippen LogP contribution in [0.5, 0.6) is 0 Å². The molecule has 27 heavy (non-hydrogen) atoms. The molecule has 11 nitrogen and oxygen atoms in total. The van der Waals surface area contributed by atoms with Gasteiger partial charge < -0.3 is 11.5 Å². The first-order chi connectivity index (χ1) is 12.7. The molecule has 1 aromatic carbocycles. The molecule has 3 rings (SSSR count). The Balaban J connectivity index is 1.87. The molecule has 0 spiro atoms. The zero-order valence-corrected chi connectivity index (χ0v) is 15.3. The normalized spacial score (nSPS) is 11.8. The quantitative estimate of drug-likeness (QED) is 0.484. The number of aryl methyl sites for hydroxylation is 2. The molecule has 0 aliphatic carbocycles. The van der Waals surface area contributed by atoms with E-state index >= 15 is 0 Å². The van der Waals surface area contributed by atoms with E-state index in [9.17, 15) is 8.42 Å². The lowest BCUT2D eigenvalue weighted by Gasteiger charge is -2.08. The molecule has 0 atom stereocenters. The van der Waals surface area contributed by atoms with Crippen LogP contribution in [0.1, 0.15) is 11.5 Å². The Kier molecular flexibility index (Phi) is 4.73. The van der Waals surface area contributed by atoms with E-state index in [-0.39, 0.29) is 28.0 Å². The smallest absolute Gasteiger partial charge is 0.263 e. The number of H-pyrrole nitrogens is 1. The summed E-state index contributed by atoms with van der Waals surface area (Å²) in [6.07, 6.45) is 0. The van der Waals surface area contributed by atoms with Gasteiger partial charge in [-0.2, -0.15) is 10.2 Å². The molecule has 12 heteroatoms. The van der Waals surface area contributed by atoms with E-state index in [0.29, 0.717) is 17.2 Å². The van der Waals surface area contributed by atoms with Gasteiger partial charge in [0, 0.05) is 11.8 Å². The van der Waals surface area contributed by atoms with Gasteiger partial charge in [-0.3, -0.25) is 9.82 Å². The van der Waals surface area contributed by atoms with Crippen LogP contribution in [0.15, 0.2) is 45.5 Å². The second-order valence-corrected chi connectivity index (χ2v) is 7.30. The highest BCUT2D eigenvalue weighted by molar-refractivity contribution is 7.92. The molecule has 0 fully saturated rings. The molecule has 2 aromatic heterocycles. The number of hydrogen-bond donors (Lipinski definition) is 4. The van der Waals surface area contributed by atoms with E-state index in [1.54, 1.807) is 32.0 Å². The van der Waals surface area contributed by atoms with Gasteiger partial charge in [-0.25, -0.2) is 18.4 Å². The van der Waals surface area contributed by atoms with E-state index in [0.717, 1.165) is 0 Å². The Labute approximate surface area is 155 Å². The summed E-state index contributed by atoms with van der Waals surface area (Å²) in [5, 5.41) is 14.1. The van der Waals surface area contributed by atoms with Gasteiger partial charge >= 0.3 is 0 Å². The fourth-order valence-electron chi connectivity index (χ4n) is 2.26. The molecule has 0 aliphatic rings. The first kappa shape index (κ1) is 18.3. The maximum absolute atomic E-state index is 12.6. The second kappa shape index (κ2) is 6.99. The van der Waals surface area contributed by atoms with Crippen LogP contribution < -0.4 is 16.2 Å². The number of nitrogen functional groups attached to an aromatic ring is 2. The van der Waals surface area contributed by atoms with Gasteiger partial charge in [0.2, 0.25) is 0 Å². The minimum absolute atomic E-state index is 0.000931. The number of anilines is 3. The maximum Gasteiger partial charge on any atom is 0.263 e. The Morgan fingerprint density at radius 2 is 1.89 bits per heavy atom. The molecule has 2 heterocycles. The van der Waals surface area contributed by atoms with Crippen molar-refractivity contribution in [1.82, 2.24) is 20.2 Å². The second-order valence-electron chi connectivity index (χ2n) is 5.62.